The van der Waals surface area contributed by atoms with Crippen LogP contribution in [0.4, 0.5) is 20.2 Å². The highest BCUT2D eigenvalue weighted by Crippen LogP contribution is 2.33. The van der Waals surface area contributed by atoms with Gasteiger partial charge in [-0.2, -0.15) is 0 Å². The van der Waals surface area contributed by atoms with Crippen LogP contribution in [0.2, 0.25) is 0 Å². The Morgan fingerprint density at radius 2 is 1.95 bits per heavy atom. The lowest BCUT2D eigenvalue weighted by atomic mass is 10.1. The molecule has 2 rings (SSSR count). The van der Waals surface area contributed by atoms with Gasteiger partial charge >= 0.3 is 0 Å². The maximum Gasteiger partial charge on any atom is 0.298 e. The van der Waals surface area contributed by atoms with Crippen LogP contribution in [0.1, 0.15) is 30.0 Å². The first-order chi connectivity index (χ1) is 9.79. The SMILES string of the molecule is Cc1cc(C(C)Nc2c(F)cc(F)cc2[N+](=O)[O-])c(C)o1. The topological polar surface area (TPSA) is 68.3 Å². The molecule has 0 amide bonds. The fourth-order valence-electron chi connectivity index (χ4n) is 2.22. The second kappa shape index (κ2) is 5.51. The van der Waals surface area contributed by atoms with E-state index in [1.165, 1.54) is 0 Å². The number of anilines is 1. The molecule has 21 heavy (non-hydrogen) atoms. The molecule has 1 unspecified atom stereocenters. The van der Waals surface area contributed by atoms with E-state index in [1.807, 2.05) is 0 Å². The molecule has 1 atom stereocenters. The molecule has 0 aliphatic rings. The zero-order valence-corrected chi connectivity index (χ0v) is 11.7. The lowest BCUT2D eigenvalue weighted by molar-refractivity contribution is -0.384. The van der Waals surface area contributed by atoms with E-state index >= 15 is 0 Å². The van der Waals surface area contributed by atoms with Gasteiger partial charge in [0, 0.05) is 11.6 Å². The summed E-state index contributed by atoms with van der Waals surface area (Å²) in [5.74, 6) is -0.679. The van der Waals surface area contributed by atoms with Crippen molar-refractivity contribution in [1.29, 1.82) is 0 Å². The summed E-state index contributed by atoms with van der Waals surface area (Å²) in [6.07, 6.45) is 0. The van der Waals surface area contributed by atoms with E-state index in [4.69, 9.17) is 4.42 Å². The first-order valence-electron chi connectivity index (χ1n) is 6.26. The van der Waals surface area contributed by atoms with Crippen LogP contribution < -0.4 is 5.32 Å². The number of nitrogens with zero attached hydrogens (tertiary/aromatic N) is 1. The highest BCUT2D eigenvalue weighted by Gasteiger charge is 2.23. The number of nitro benzene ring substituents is 1. The summed E-state index contributed by atoms with van der Waals surface area (Å²) in [6, 6.07) is 2.63. The van der Waals surface area contributed by atoms with Gasteiger partial charge in [0.2, 0.25) is 0 Å². The Labute approximate surface area is 119 Å². The van der Waals surface area contributed by atoms with Gasteiger partial charge in [0.05, 0.1) is 17.0 Å². The van der Waals surface area contributed by atoms with Crippen LogP contribution in [-0.4, -0.2) is 4.92 Å². The molecule has 0 saturated carbocycles. The van der Waals surface area contributed by atoms with Crippen molar-refractivity contribution in [2.75, 3.05) is 5.32 Å². The standard InChI is InChI=1S/C14H14F2N2O3/c1-7-4-11(9(3)21-7)8(2)17-14-12(16)5-10(15)6-13(14)18(19)20/h4-6,8,17H,1-3H3. The third-order valence-corrected chi connectivity index (χ3v) is 3.14. The largest absolute Gasteiger partial charge is 0.466 e. The summed E-state index contributed by atoms with van der Waals surface area (Å²) in [5, 5.41) is 13.6. The van der Waals surface area contributed by atoms with Crippen LogP contribution in [-0.2, 0) is 0 Å². The van der Waals surface area contributed by atoms with Gasteiger partial charge in [-0.25, -0.2) is 8.78 Å². The average molecular weight is 296 g/mol. The molecule has 0 saturated heterocycles. The molecule has 0 aliphatic heterocycles. The molecule has 1 N–H and O–H groups in total. The first-order valence-corrected chi connectivity index (χ1v) is 6.26. The van der Waals surface area contributed by atoms with Gasteiger partial charge in [0.15, 0.2) is 5.82 Å². The molecule has 0 radical (unpaired) electrons. The zero-order valence-electron chi connectivity index (χ0n) is 11.7. The second-order valence-corrected chi connectivity index (χ2v) is 4.77. The molecule has 1 aromatic carbocycles. The molecular weight excluding hydrogens is 282 g/mol. The third-order valence-electron chi connectivity index (χ3n) is 3.14. The highest BCUT2D eigenvalue weighted by molar-refractivity contribution is 5.63. The van der Waals surface area contributed by atoms with E-state index in [1.54, 1.807) is 26.8 Å². The van der Waals surface area contributed by atoms with Gasteiger partial charge < -0.3 is 9.73 Å². The van der Waals surface area contributed by atoms with E-state index in [2.05, 4.69) is 5.32 Å². The van der Waals surface area contributed by atoms with Gasteiger partial charge in [-0.05, 0) is 26.8 Å². The minimum absolute atomic E-state index is 0.341. The summed E-state index contributed by atoms with van der Waals surface area (Å²) in [4.78, 5) is 10.1. The van der Waals surface area contributed by atoms with Crippen molar-refractivity contribution in [3.8, 4) is 0 Å². The lowest BCUT2D eigenvalue weighted by Crippen LogP contribution is -2.10. The number of rotatable bonds is 4. The van der Waals surface area contributed by atoms with Crippen molar-refractivity contribution in [3.05, 3.63) is 57.0 Å². The Hall–Kier alpha value is -2.44. The highest BCUT2D eigenvalue weighted by atomic mass is 19.1. The van der Waals surface area contributed by atoms with Crippen molar-refractivity contribution >= 4 is 11.4 Å². The maximum atomic E-state index is 13.8. The van der Waals surface area contributed by atoms with E-state index in [0.29, 0.717) is 23.7 Å². The van der Waals surface area contributed by atoms with Gasteiger partial charge in [0.1, 0.15) is 23.0 Å². The minimum Gasteiger partial charge on any atom is -0.466 e. The summed E-state index contributed by atoms with van der Waals surface area (Å²) < 4.78 is 32.3. The number of furan rings is 1. The third kappa shape index (κ3) is 3.01. The van der Waals surface area contributed by atoms with Gasteiger partial charge in [0.25, 0.3) is 5.69 Å². The Morgan fingerprint density at radius 3 is 2.48 bits per heavy atom. The van der Waals surface area contributed by atoms with Gasteiger partial charge in [-0.3, -0.25) is 10.1 Å². The molecule has 0 fully saturated rings. The quantitative estimate of drug-likeness (QED) is 0.676. The lowest BCUT2D eigenvalue weighted by Gasteiger charge is -2.15. The number of nitrogens with one attached hydrogen (secondary N) is 1. The van der Waals surface area contributed by atoms with Crippen molar-refractivity contribution in [2.45, 2.75) is 26.8 Å². The van der Waals surface area contributed by atoms with Crippen LogP contribution in [0.5, 0.6) is 0 Å². The predicted octanol–water partition coefficient (Wildman–Crippen LogP) is 4.26. The van der Waals surface area contributed by atoms with E-state index < -0.39 is 28.3 Å². The van der Waals surface area contributed by atoms with Gasteiger partial charge in [-0.1, -0.05) is 0 Å². The predicted molar refractivity (Wildman–Crippen MR) is 73.2 cm³/mol. The Balaban J connectivity index is 2.39. The van der Waals surface area contributed by atoms with Crippen molar-refractivity contribution in [1.82, 2.24) is 0 Å². The fraction of sp³-hybridized carbons (Fsp3) is 0.286. The molecule has 0 bridgehead atoms. The van der Waals surface area contributed by atoms with E-state index in [0.717, 1.165) is 5.56 Å². The number of hydrogen-bond donors (Lipinski definition) is 1. The Bertz CT molecular complexity index is 698. The van der Waals surface area contributed by atoms with Crippen LogP contribution in [0, 0.1) is 35.6 Å². The van der Waals surface area contributed by atoms with Crippen LogP contribution in [0.25, 0.3) is 0 Å². The maximum absolute atomic E-state index is 13.8. The molecule has 7 heteroatoms. The number of hydrogen-bond acceptors (Lipinski definition) is 4. The van der Waals surface area contributed by atoms with Crippen molar-refractivity contribution in [3.63, 3.8) is 0 Å². The Kier molecular flexibility index (Phi) is 3.93. The van der Waals surface area contributed by atoms with E-state index in [-0.39, 0.29) is 5.69 Å². The summed E-state index contributed by atoms with van der Waals surface area (Å²) >= 11 is 0. The van der Waals surface area contributed by atoms with Crippen molar-refractivity contribution in [2.24, 2.45) is 0 Å². The molecule has 0 aliphatic carbocycles. The van der Waals surface area contributed by atoms with E-state index in [9.17, 15) is 18.9 Å². The monoisotopic (exact) mass is 296 g/mol. The molecule has 0 spiro atoms. The fourth-order valence-corrected chi connectivity index (χ4v) is 2.22. The number of aryl methyl sites for hydroxylation is 2. The number of nitro groups is 1. The van der Waals surface area contributed by atoms with Gasteiger partial charge in [-0.15, -0.1) is 0 Å². The van der Waals surface area contributed by atoms with Crippen molar-refractivity contribution < 1.29 is 18.1 Å². The molecule has 1 heterocycles. The van der Waals surface area contributed by atoms with Crippen LogP contribution in [0.15, 0.2) is 22.6 Å². The first kappa shape index (κ1) is 15.0. The normalized spacial score (nSPS) is 12.2. The number of halogens is 2. The summed E-state index contributed by atoms with van der Waals surface area (Å²) in [5.41, 5.74) is -0.227. The smallest absolute Gasteiger partial charge is 0.298 e. The number of benzene rings is 1. The summed E-state index contributed by atoms with van der Waals surface area (Å²) in [7, 11) is 0. The minimum atomic E-state index is -1.01. The molecule has 2 aromatic rings. The Morgan fingerprint density at radius 1 is 1.29 bits per heavy atom. The molecular formula is C14H14F2N2O3. The second-order valence-electron chi connectivity index (χ2n) is 4.77. The molecule has 112 valence electrons. The van der Waals surface area contributed by atoms with Crippen LogP contribution >= 0.6 is 0 Å². The van der Waals surface area contributed by atoms with Crippen LogP contribution in [0.3, 0.4) is 0 Å². The molecule has 5 nitrogen and oxygen atoms in total. The zero-order chi connectivity index (χ0) is 15.7. The summed E-state index contributed by atoms with van der Waals surface area (Å²) in [6.45, 7) is 5.23. The average Bonchev–Trinajstić information content (AvgIpc) is 2.71. The molecule has 1 aromatic heterocycles.